The first-order valence-corrected chi connectivity index (χ1v) is 4.39. The van der Waals surface area contributed by atoms with Crippen molar-refractivity contribution in [3.05, 3.63) is 0 Å². The fourth-order valence-electron chi connectivity index (χ4n) is 1.03. The largest absolute Gasteiger partial charge is 0.287 e. The molecule has 0 saturated carbocycles. The Morgan fingerprint density at radius 3 is 1.90 bits per heavy atom. The van der Waals surface area contributed by atoms with E-state index in [1.54, 1.807) is 0 Å². The minimum Gasteiger partial charge on any atom is -0.287 e. The molecule has 0 amide bonds. The van der Waals surface area contributed by atoms with Crippen molar-refractivity contribution in [1.82, 2.24) is 0 Å². The number of thioether (sulfide) groups is 1. The van der Waals surface area contributed by atoms with Gasteiger partial charge in [-0.25, -0.2) is 0 Å². The summed E-state index contributed by atoms with van der Waals surface area (Å²) in [4.78, 5) is 11.0. The standard InChI is InChI=1S/C8H14OS/c1-7(2)5-6(9)10-8(7,3)4/h5H2,1-4H3. The zero-order chi connectivity index (χ0) is 7.99. The molecule has 1 fully saturated rings. The van der Waals surface area contributed by atoms with Crippen molar-refractivity contribution in [3.8, 4) is 0 Å². The van der Waals surface area contributed by atoms with Gasteiger partial charge in [0.2, 0.25) is 0 Å². The first-order valence-electron chi connectivity index (χ1n) is 3.57. The van der Waals surface area contributed by atoms with E-state index < -0.39 is 0 Å². The summed E-state index contributed by atoms with van der Waals surface area (Å²) >= 11 is 1.49. The van der Waals surface area contributed by atoms with Gasteiger partial charge in [-0.05, 0) is 19.3 Å². The molecular weight excluding hydrogens is 144 g/mol. The van der Waals surface area contributed by atoms with Crippen LogP contribution in [0.1, 0.15) is 34.1 Å². The number of hydrogen-bond donors (Lipinski definition) is 0. The van der Waals surface area contributed by atoms with Crippen molar-refractivity contribution in [3.63, 3.8) is 0 Å². The second-order valence-corrected chi connectivity index (χ2v) is 5.73. The van der Waals surface area contributed by atoms with Crippen molar-refractivity contribution in [2.24, 2.45) is 5.41 Å². The van der Waals surface area contributed by atoms with Gasteiger partial charge in [0.15, 0.2) is 5.12 Å². The van der Waals surface area contributed by atoms with Crippen LogP contribution in [0.25, 0.3) is 0 Å². The lowest BCUT2D eigenvalue weighted by Crippen LogP contribution is -2.30. The molecule has 1 saturated heterocycles. The number of carbonyl (C=O) groups is 1. The van der Waals surface area contributed by atoms with Crippen LogP contribution in [-0.2, 0) is 4.79 Å². The lowest BCUT2D eigenvalue weighted by atomic mass is 9.78. The van der Waals surface area contributed by atoms with Gasteiger partial charge in [0.1, 0.15) is 0 Å². The zero-order valence-electron chi connectivity index (χ0n) is 7.02. The molecule has 0 N–H and O–H groups in total. The molecule has 1 rings (SSSR count). The van der Waals surface area contributed by atoms with Gasteiger partial charge in [0.25, 0.3) is 0 Å². The zero-order valence-corrected chi connectivity index (χ0v) is 7.84. The lowest BCUT2D eigenvalue weighted by Gasteiger charge is -2.32. The average Bonchev–Trinajstić information content (AvgIpc) is 1.73. The molecule has 0 atom stereocenters. The molecule has 0 spiro atoms. The quantitative estimate of drug-likeness (QED) is 0.538. The third kappa shape index (κ3) is 1.09. The van der Waals surface area contributed by atoms with E-state index in [0.29, 0.717) is 5.12 Å². The van der Waals surface area contributed by atoms with Crippen molar-refractivity contribution in [1.29, 1.82) is 0 Å². The monoisotopic (exact) mass is 158 g/mol. The fourth-order valence-corrected chi connectivity index (χ4v) is 2.38. The Labute approximate surface area is 66.6 Å². The van der Waals surface area contributed by atoms with Crippen LogP contribution in [0.15, 0.2) is 0 Å². The Kier molecular flexibility index (Phi) is 1.63. The molecule has 1 aliphatic heterocycles. The van der Waals surface area contributed by atoms with Gasteiger partial charge in [-0.3, -0.25) is 4.79 Å². The Hall–Kier alpha value is 0.0200. The van der Waals surface area contributed by atoms with Crippen LogP contribution in [0.2, 0.25) is 0 Å². The predicted molar refractivity (Wildman–Crippen MR) is 45.1 cm³/mol. The maximum absolute atomic E-state index is 11.0. The minimum absolute atomic E-state index is 0.129. The summed E-state index contributed by atoms with van der Waals surface area (Å²) in [6, 6.07) is 0. The van der Waals surface area contributed by atoms with Gasteiger partial charge in [0, 0.05) is 11.2 Å². The van der Waals surface area contributed by atoms with E-state index in [-0.39, 0.29) is 10.2 Å². The van der Waals surface area contributed by atoms with E-state index in [1.165, 1.54) is 11.8 Å². The molecular formula is C8H14OS. The molecule has 0 bridgehead atoms. The molecule has 0 aromatic rings. The molecule has 1 aliphatic rings. The van der Waals surface area contributed by atoms with Crippen LogP contribution in [0.4, 0.5) is 0 Å². The van der Waals surface area contributed by atoms with Crippen LogP contribution >= 0.6 is 11.8 Å². The first kappa shape index (κ1) is 8.12. The summed E-state index contributed by atoms with van der Waals surface area (Å²) < 4.78 is 0.129. The number of carbonyl (C=O) groups excluding carboxylic acids is 1. The summed E-state index contributed by atoms with van der Waals surface area (Å²) in [6.07, 6.45) is 0.727. The molecule has 1 nitrogen and oxygen atoms in total. The Morgan fingerprint density at radius 2 is 1.80 bits per heavy atom. The van der Waals surface area contributed by atoms with Gasteiger partial charge in [-0.1, -0.05) is 25.6 Å². The van der Waals surface area contributed by atoms with E-state index in [2.05, 4.69) is 27.7 Å². The topological polar surface area (TPSA) is 17.1 Å². The summed E-state index contributed by atoms with van der Waals surface area (Å²) in [5.41, 5.74) is 0.175. The molecule has 0 aliphatic carbocycles. The lowest BCUT2D eigenvalue weighted by molar-refractivity contribution is -0.111. The number of hydrogen-bond acceptors (Lipinski definition) is 2. The van der Waals surface area contributed by atoms with E-state index in [0.717, 1.165) is 6.42 Å². The van der Waals surface area contributed by atoms with Crippen molar-refractivity contribution in [2.75, 3.05) is 0 Å². The van der Waals surface area contributed by atoms with E-state index in [4.69, 9.17) is 0 Å². The molecule has 2 heteroatoms. The van der Waals surface area contributed by atoms with Gasteiger partial charge in [0.05, 0.1) is 0 Å². The molecule has 0 aromatic heterocycles. The molecule has 58 valence electrons. The normalized spacial score (nSPS) is 29.0. The Morgan fingerprint density at radius 1 is 1.30 bits per heavy atom. The van der Waals surface area contributed by atoms with Crippen LogP contribution < -0.4 is 0 Å². The van der Waals surface area contributed by atoms with Crippen molar-refractivity contribution >= 4 is 16.9 Å². The van der Waals surface area contributed by atoms with E-state index in [1.807, 2.05) is 0 Å². The van der Waals surface area contributed by atoms with Crippen molar-refractivity contribution in [2.45, 2.75) is 38.9 Å². The highest BCUT2D eigenvalue weighted by molar-refractivity contribution is 8.15. The minimum atomic E-state index is 0.129. The molecule has 10 heavy (non-hydrogen) atoms. The Balaban J connectivity index is 2.88. The fraction of sp³-hybridized carbons (Fsp3) is 0.875. The third-order valence-electron chi connectivity index (χ3n) is 2.59. The van der Waals surface area contributed by atoms with Gasteiger partial charge >= 0.3 is 0 Å². The van der Waals surface area contributed by atoms with Crippen LogP contribution in [0.3, 0.4) is 0 Å². The average molecular weight is 158 g/mol. The predicted octanol–water partition coefficient (Wildman–Crippen LogP) is 2.45. The molecule has 0 unspecified atom stereocenters. The summed E-state index contributed by atoms with van der Waals surface area (Å²) in [5.74, 6) is 0. The maximum Gasteiger partial charge on any atom is 0.190 e. The molecule has 1 heterocycles. The summed E-state index contributed by atoms with van der Waals surface area (Å²) in [7, 11) is 0. The third-order valence-corrected chi connectivity index (χ3v) is 4.02. The summed E-state index contributed by atoms with van der Waals surface area (Å²) in [6.45, 7) is 8.60. The van der Waals surface area contributed by atoms with Gasteiger partial charge < -0.3 is 0 Å². The Bertz CT molecular complexity index is 152. The highest BCUT2D eigenvalue weighted by Crippen LogP contribution is 2.51. The molecule has 0 aromatic carbocycles. The number of rotatable bonds is 0. The van der Waals surface area contributed by atoms with Crippen molar-refractivity contribution < 1.29 is 4.79 Å². The highest BCUT2D eigenvalue weighted by atomic mass is 32.2. The van der Waals surface area contributed by atoms with Crippen LogP contribution in [0.5, 0.6) is 0 Å². The molecule has 0 radical (unpaired) electrons. The van der Waals surface area contributed by atoms with Crippen LogP contribution in [-0.4, -0.2) is 9.86 Å². The highest BCUT2D eigenvalue weighted by Gasteiger charge is 2.46. The van der Waals surface area contributed by atoms with Gasteiger partial charge in [-0.2, -0.15) is 0 Å². The van der Waals surface area contributed by atoms with Gasteiger partial charge in [-0.15, -0.1) is 0 Å². The smallest absolute Gasteiger partial charge is 0.190 e. The maximum atomic E-state index is 11.0. The first-order chi connectivity index (χ1) is 4.35. The SMILES string of the molecule is CC1(C)CC(=O)SC1(C)C. The van der Waals surface area contributed by atoms with E-state index in [9.17, 15) is 4.79 Å². The van der Waals surface area contributed by atoms with E-state index >= 15 is 0 Å². The van der Waals surface area contributed by atoms with Crippen LogP contribution in [0, 0.1) is 5.41 Å². The second-order valence-electron chi connectivity index (χ2n) is 4.05. The summed E-state index contributed by atoms with van der Waals surface area (Å²) in [5, 5.41) is 0.343. The second kappa shape index (κ2) is 2.00.